The zero-order valence-electron chi connectivity index (χ0n) is 12.6. The lowest BCUT2D eigenvalue weighted by molar-refractivity contribution is 0.141. The highest BCUT2D eigenvalue weighted by molar-refractivity contribution is 4.88. The fourth-order valence-corrected chi connectivity index (χ4v) is 4.05. The van der Waals surface area contributed by atoms with Crippen LogP contribution in [0.5, 0.6) is 0 Å². The van der Waals surface area contributed by atoms with Gasteiger partial charge in [-0.2, -0.15) is 0 Å². The highest BCUT2D eigenvalue weighted by atomic mass is 15.2. The van der Waals surface area contributed by atoms with Crippen LogP contribution < -0.4 is 5.73 Å². The normalized spacial score (nSPS) is 36.2. The minimum absolute atomic E-state index is 0.380. The predicted molar refractivity (Wildman–Crippen MR) is 78.5 cm³/mol. The van der Waals surface area contributed by atoms with Crippen LogP contribution in [0.3, 0.4) is 0 Å². The van der Waals surface area contributed by atoms with Crippen LogP contribution in [0.1, 0.15) is 59.3 Å². The van der Waals surface area contributed by atoms with Crippen LogP contribution in [0.25, 0.3) is 0 Å². The highest BCUT2D eigenvalue weighted by Crippen LogP contribution is 2.34. The SMILES string of the molecule is CC(C)CC1CCCC(N2CCC(C(C)N)C2)C1. The molecule has 0 aromatic heterocycles. The smallest absolute Gasteiger partial charge is 0.00980 e. The summed E-state index contributed by atoms with van der Waals surface area (Å²) in [5.41, 5.74) is 6.06. The third-order valence-corrected chi connectivity index (χ3v) is 5.08. The summed E-state index contributed by atoms with van der Waals surface area (Å²) in [4.78, 5) is 2.75. The summed E-state index contributed by atoms with van der Waals surface area (Å²) in [7, 11) is 0. The molecule has 4 unspecified atom stereocenters. The van der Waals surface area contributed by atoms with Crippen molar-refractivity contribution in [3.63, 3.8) is 0 Å². The fourth-order valence-electron chi connectivity index (χ4n) is 4.05. The molecule has 1 aliphatic carbocycles. The summed E-state index contributed by atoms with van der Waals surface area (Å²) in [6.45, 7) is 9.47. The molecule has 1 saturated carbocycles. The summed E-state index contributed by atoms with van der Waals surface area (Å²) in [5, 5.41) is 0. The Kier molecular flexibility index (Phi) is 5.08. The van der Waals surface area contributed by atoms with E-state index in [4.69, 9.17) is 5.73 Å². The molecule has 106 valence electrons. The molecule has 2 nitrogen and oxygen atoms in total. The second-order valence-corrected chi connectivity index (χ2v) is 7.22. The molecule has 4 atom stereocenters. The standard InChI is InChI=1S/C16H32N2/c1-12(2)9-14-5-4-6-16(10-14)18-8-7-15(11-18)13(3)17/h12-16H,4-11,17H2,1-3H3. The highest BCUT2D eigenvalue weighted by Gasteiger charge is 2.32. The van der Waals surface area contributed by atoms with Crippen LogP contribution in [0.15, 0.2) is 0 Å². The van der Waals surface area contributed by atoms with E-state index < -0.39 is 0 Å². The van der Waals surface area contributed by atoms with Gasteiger partial charge in [0.2, 0.25) is 0 Å². The molecule has 1 saturated heterocycles. The minimum Gasteiger partial charge on any atom is -0.328 e. The summed E-state index contributed by atoms with van der Waals surface area (Å²) in [5.74, 6) is 2.60. The van der Waals surface area contributed by atoms with Gasteiger partial charge in [-0.15, -0.1) is 0 Å². The van der Waals surface area contributed by atoms with E-state index in [1.165, 1.54) is 51.6 Å². The fraction of sp³-hybridized carbons (Fsp3) is 1.00. The maximum atomic E-state index is 6.06. The molecule has 2 aliphatic rings. The van der Waals surface area contributed by atoms with Crippen molar-refractivity contribution < 1.29 is 0 Å². The summed E-state index contributed by atoms with van der Waals surface area (Å²) >= 11 is 0. The number of hydrogen-bond donors (Lipinski definition) is 1. The molecule has 1 heterocycles. The Bertz CT molecular complexity index is 249. The van der Waals surface area contributed by atoms with Crippen LogP contribution in [-0.4, -0.2) is 30.1 Å². The Hall–Kier alpha value is -0.0800. The monoisotopic (exact) mass is 252 g/mol. The lowest BCUT2D eigenvalue weighted by atomic mass is 9.80. The van der Waals surface area contributed by atoms with Gasteiger partial charge in [-0.05, 0) is 56.9 Å². The number of nitrogens with zero attached hydrogens (tertiary/aromatic N) is 1. The van der Waals surface area contributed by atoms with Crippen molar-refractivity contribution in [2.24, 2.45) is 23.5 Å². The van der Waals surface area contributed by atoms with Crippen molar-refractivity contribution in [2.75, 3.05) is 13.1 Å². The predicted octanol–water partition coefficient (Wildman–Crippen LogP) is 3.26. The Morgan fingerprint density at radius 2 is 1.94 bits per heavy atom. The van der Waals surface area contributed by atoms with Gasteiger partial charge in [0.1, 0.15) is 0 Å². The molecule has 0 aromatic carbocycles. The Labute approximate surface area is 113 Å². The quantitative estimate of drug-likeness (QED) is 0.832. The summed E-state index contributed by atoms with van der Waals surface area (Å²) in [6, 6.07) is 1.25. The van der Waals surface area contributed by atoms with E-state index in [1.807, 2.05) is 0 Å². The van der Waals surface area contributed by atoms with E-state index in [2.05, 4.69) is 25.7 Å². The third-order valence-electron chi connectivity index (χ3n) is 5.08. The number of likely N-dealkylation sites (tertiary alicyclic amines) is 1. The molecular formula is C16H32N2. The van der Waals surface area contributed by atoms with Gasteiger partial charge in [-0.3, -0.25) is 0 Å². The van der Waals surface area contributed by atoms with E-state index in [9.17, 15) is 0 Å². The zero-order valence-corrected chi connectivity index (χ0v) is 12.6. The van der Waals surface area contributed by atoms with E-state index in [0.29, 0.717) is 6.04 Å². The van der Waals surface area contributed by atoms with Crippen molar-refractivity contribution in [3.8, 4) is 0 Å². The largest absolute Gasteiger partial charge is 0.328 e. The second kappa shape index (κ2) is 6.38. The number of hydrogen-bond acceptors (Lipinski definition) is 2. The van der Waals surface area contributed by atoms with Crippen molar-refractivity contribution >= 4 is 0 Å². The van der Waals surface area contributed by atoms with Gasteiger partial charge in [0.25, 0.3) is 0 Å². The van der Waals surface area contributed by atoms with Gasteiger partial charge in [-0.1, -0.05) is 26.7 Å². The topological polar surface area (TPSA) is 29.3 Å². The van der Waals surface area contributed by atoms with Gasteiger partial charge < -0.3 is 10.6 Å². The van der Waals surface area contributed by atoms with Gasteiger partial charge in [0, 0.05) is 18.6 Å². The third kappa shape index (κ3) is 3.71. The Morgan fingerprint density at radius 1 is 1.17 bits per heavy atom. The van der Waals surface area contributed by atoms with Crippen LogP contribution in [0.4, 0.5) is 0 Å². The molecule has 2 heteroatoms. The Balaban J connectivity index is 1.82. The van der Waals surface area contributed by atoms with E-state index >= 15 is 0 Å². The van der Waals surface area contributed by atoms with Gasteiger partial charge >= 0.3 is 0 Å². The average Bonchev–Trinajstić information content (AvgIpc) is 2.77. The van der Waals surface area contributed by atoms with E-state index in [0.717, 1.165) is 23.8 Å². The molecule has 2 fully saturated rings. The molecule has 0 amide bonds. The maximum absolute atomic E-state index is 6.06. The van der Waals surface area contributed by atoms with Crippen molar-refractivity contribution in [2.45, 2.75) is 71.4 Å². The Morgan fingerprint density at radius 3 is 2.56 bits per heavy atom. The lowest BCUT2D eigenvalue weighted by Crippen LogP contribution is -2.39. The lowest BCUT2D eigenvalue weighted by Gasteiger charge is -2.36. The van der Waals surface area contributed by atoms with Crippen molar-refractivity contribution in [3.05, 3.63) is 0 Å². The first kappa shape index (κ1) is 14.3. The van der Waals surface area contributed by atoms with Crippen LogP contribution in [0.2, 0.25) is 0 Å². The number of rotatable bonds is 4. The number of nitrogens with two attached hydrogens (primary N) is 1. The first-order chi connectivity index (χ1) is 8.56. The van der Waals surface area contributed by atoms with E-state index in [1.54, 1.807) is 0 Å². The van der Waals surface area contributed by atoms with Crippen molar-refractivity contribution in [1.29, 1.82) is 0 Å². The zero-order chi connectivity index (χ0) is 13.1. The van der Waals surface area contributed by atoms with Crippen LogP contribution >= 0.6 is 0 Å². The molecule has 1 aliphatic heterocycles. The minimum atomic E-state index is 0.380. The summed E-state index contributed by atoms with van der Waals surface area (Å²) in [6.07, 6.45) is 8.55. The first-order valence-electron chi connectivity index (χ1n) is 8.06. The van der Waals surface area contributed by atoms with Crippen molar-refractivity contribution in [1.82, 2.24) is 4.90 Å². The summed E-state index contributed by atoms with van der Waals surface area (Å²) < 4.78 is 0. The van der Waals surface area contributed by atoms with Crippen LogP contribution in [0, 0.1) is 17.8 Å². The molecule has 0 bridgehead atoms. The molecular weight excluding hydrogens is 220 g/mol. The molecule has 2 N–H and O–H groups in total. The molecule has 18 heavy (non-hydrogen) atoms. The van der Waals surface area contributed by atoms with Crippen LogP contribution in [-0.2, 0) is 0 Å². The first-order valence-corrected chi connectivity index (χ1v) is 8.06. The van der Waals surface area contributed by atoms with Gasteiger partial charge in [0.05, 0.1) is 0 Å². The molecule has 0 aromatic rings. The van der Waals surface area contributed by atoms with Gasteiger partial charge in [-0.25, -0.2) is 0 Å². The molecule has 0 spiro atoms. The van der Waals surface area contributed by atoms with E-state index in [-0.39, 0.29) is 0 Å². The molecule has 0 radical (unpaired) electrons. The maximum Gasteiger partial charge on any atom is 0.00980 e. The second-order valence-electron chi connectivity index (χ2n) is 7.22. The molecule has 2 rings (SSSR count). The van der Waals surface area contributed by atoms with Gasteiger partial charge in [0.15, 0.2) is 0 Å². The average molecular weight is 252 g/mol.